The van der Waals surface area contributed by atoms with Crippen molar-refractivity contribution >= 4 is 12.0 Å². The molecule has 0 N–H and O–H groups in total. The summed E-state index contributed by atoms with van der Waals surface area (Å²) in [5, 5.41) is 0. The van der Waals surface area contributed by atoms with Crippen LogP contribution in [0.1, 0.15) is 41.4 Å². The first-order valence-corrected chi connectivity index (χ1v) is 8.24. The first kappa shape index (κ1) is 18.6. The third-order valence-electron chi connectivity index (χ3n) is 4.28. The van der Waals surface area contributed by atoms with Gasteiger partial charge in [-0.25, -0.2) is 0 Å². The van der Waals surface area contributed by atoms with Gasteiger partial charge in [0.25, 0.3) is 5.91 Å². The number of ether oxygens (including phenoxy) is 2. The van der Waals surface area contributed by atoms with Crippen LogP contribution in [-0.2, 0) is 0 Å². The van der Waals surface area contributed by atoms with Crippen LogP contribution in [0.25, 0.3) is 6.08 Å². The Morgan fingerprint density at radius 1 is 1.12 bits per heavy atom. The van der Waals surface area contributed by atoms with Crippen molar-refractivity contribution in [2.75, 3.05) is 21.3 Å². The topological polar surface area (TPSA) is 38.8 Å². The zero-order valence-electron chi connectivity index (χ0n) is 15.4. The van der Waals surface area contributed by atoms with E-state index < -0.39 is 0 Å². The van der Waals surface area contributed by atoms with Crippen molar-refractivity contribution in [3.63, 3.8) is 0 Å². The van der Waals surface area contributed by atoms with Gasteiger partial charge in [-0.3, -0.25) is 4.79 Å². The van der Waals surface area contributed by atoms with Gasteiger partial charge in [-0.1, -0.05) is 42.5 Å². The monoisotopic (exact) mass is 339 g/mol. The van der Waals surface area contributed by atoms with Gasteiger partial charge >= 0.3 is 0 Å². The maximum absolute atomic E-state index is 13.0. The number of amides is 1. The van der Waals surface area contributed by atoms with E-state index in [-0.39, 0.29) is 11.9 Å². The fraction of sp³-hybridized carbons (Fsp3) is 0.286. The molecule has 0 aromatic heterocycles. The summed E-state index contributed by atoms with van der Waals surface area (Å²) in [5.41, 5.74) is 2.47. The van der Waals surface area contributed by atoms with Crippen LogP contribution >= 0.6 is 0 Å². The second-order valence-electron chi connectivity index (χ2n) is 5.80. The van der Waals surface area contributed by atoms with E-state index in [4.69, 9.17) is 9.47 Å². The Labute approximate surface area is 149 Å². The Morgan fingerprint density at radius 3 is 2.36 bits per heavy atom. The highest BCUT2D eigenvalue weighted by Gasteiger charge is 2.21. The molecular formula is C21H25NO3. The number of allylic oxidation sites excluding steroid dienone is 1. The molecule has 0 saturated heterocycles. The summed E-state index contributed by atoms with van der Waals surface area (Å²) in [7, 11) is 4.98. The van der Waals surface area contributed by atoms with Crippen LogP contribution in [0.2, 0.25) is 0 Å². The molecule has 0 aliphatic carbocycles. The third-order valence-corrected chi connectivity index (χ3v) is 4.28. The van der Waals surface area contributed by atoms with Crippen LogP contribution in [0.3, 0.4) is 0 Å². The fourth-order valence-corrected chi connectivity index (χ4v) is 2.76. The molecule has 2 aromatic carbocycles. The zero-order chi connectivity index (χ0) is 18.4. The van der Waals surface area contributed by atoms with Crippen LogP contribution in [-0.4, -0.2) is 32.1 Å². The zero-order valence-corrected chi connectivity index (χ0v) is 15.4. The maximum Gasteiger partial charge on any atom is 0.254 e. The van der Waals surface area contributed by atoms with Gasteiger partial charge in [-0.05, 0) is 31.5 Å². The van der Waals surface area contributed by atoms with E-state index >= 15 is 0 Å². The average Bonchev–Trinajstić information content (AvgIpc) is 2.66. The van der Waals surface area contributed by atoms with Crippen LogP contribution in [0.15, 0.2) is 48.5 Å². The van der Waals surface area contributed by atoms with E-state index in [2.05, 4.69) is 0 Å². The minimum Gasteiger partial charge on any atom is -0.493 e. The maximum atomic E-state index is 13.0. The molecule has 0 spiro atoms. The van der Waals surface area contributed by atoms with Crippen molar-refractivity contribution in [2.24, 2.45) is 0 Å². The van der Waals surface area contributed by atoms with Crippen LogP contribution < -0.4 is 9.47 Å². The van der Waals surface area contributed by atoms with Gasteiger partial charge in [0, 0.05) is 18.2 Å². The largest absolute Gasteiger partial charge is 0.493 e. The van der Waals surface area contributed by atoms with E-state index in [1.165, 1.54) is 0 Å². The highest BCUT2D eigenvalue weighted by Crippen LogP contribution is 2.34. The summed E-state index contributed by atoms with van der Waals surface area (Å²) in [4.78, 5) is 14.7. The number of carbonyl (C=O) groups is 1. The molecule has 1 unspecified atom stereocenters. The van der Waals surface area contributed by atoms with Crippen molar-refractivity contribution in [3.8, 4) is 11.5 Å². The number of hydrogen-bond acceptors (Lipinski definition) is 3. The van der Waals surface area contributed by atoms with E-state index in [0.29, 0.717) is 17.1 Å². The minimum atomic E-state index is -0.0666. The lowest BCUT2D eigenvalue weighted by molar-refractivity contribution is 0.0742. The lowest BCUT2D eigenvalue weighted by Gasteiger charge is -2.26. The van der Waals surface area contributed by atoms with Crippen LogP contribution in [0.4, 0.5) is 0 Å². The summed E-state index contributed by atoms with van der Waals surface area (Å²) < 4.78 is 10.8. The molecular weight excluding hydrogens is 314 g/mol. The van der Waals surface area contributed by atoms with Gasteiger partial charge in [0.05, 0.1) is 20.3 Å². The Bertz CT molecular complexity index is 753. The summed E-state index contributed by atoms with van der Waals surface area (Å²) in [5.74, 6) is 1.10. The van der Waals surface area contributed by atoms with Crippen molar-refractivity contribution in [1.82, 2.24) is 4.90 Å². The molecule has 132 valence electrons. The number of nitrogens with zero attached hydrogens (tertiary/aromatic N) is 1. The van der Waals surface area contributed by atoms with E-state index in [1.54, 1.807) is 25.2 Å². The average molecular weight is 339 g/mol. The molecule has 2 rings (SSSR count). The van der Waals surface area contributed by atoms with Crippen molar-refractivity contribution < 1.29 is 14.3 Å². The molecule has 0 heterocycles. The van der Waals surface area contributed by atoms with Crippen LogP contribution in [0.5, 0.6) is 11.5 Å². The molecule has 0 radical (unpaired) electrons. The van der Waals surface area contributed by atoms with E-state index in [1.807, 2.05) is 69.4 Å². The molecule has 0 saturated carbocycles. The number of rotatable bonds is 6. The normalized spacial score (nSPS) is 12.0. The van der Waals surface area contributed by atoms with Crippen molar-refractivity contribution in [2.45, 2.75) is 19.9 Å². The third kappa shape index (κ3) is 4.02. The molecule has 4 nitrogen and oxygen atoms in total. The Kier molecular flexibility index (Phi) is 6.23. The van der Waals surface area contributed by atoms with Gasteiger partial charge < -0.3 is 14.4 Å². The highest BCUT2D eigenvalue weighted by atomic mass is 16.5. The smallest absolute Gasteiger partial charge is 0.254 e. The number of carbonyl (C=O) groups excluding carboxylic acids is 1. The lowest BCUT2D eigenvalue weighted by Crippen LogP contribution is -2.29. The van der Waals surface area contributed by atoms with Gasteiger partial charge in [0.1, 0.15) is 0 Å². The van der Waals surface area contributed by atoms with E-state index in [9.17, 15) is 4.79 Å². The molecule has 0 aliphatic rings. The second kappa shape index (κ2) is 8.38. The quantitative estimate of drug-likeness (QED) is 0.774. The van der Waals surface area contributed by atoms with Gasteiger partial charge in [0.2, 0.25) is 0 Å². The number of hydrogen-bond donors (Lipinski definition) is 0. The Balaban J connectivity index is 2.39. The summed E-state index contributed by atoms with van der Waals surface area (Å²) in [6.45, 7) is 3.94. The molecule has 4 heteroatoms. The number of benzene rings is 2. The SMILES string of the molecule is CC=Cc1cc(C(=O)N(C)C(C)c2ccccc2)cc(OC)c1OC. The molecule has 0 fully saturated rings. The van der Waals surface area contributed by atoms with Gasteiger partial charge in [0.15, 0.2) is 11.5 Å². The Morgan fingerprint density at radius 2 is 1.80 bits per heavy atom. The molecule has 1 amide bonds. The van der Waals surface area contributed by atoms with Crippen LogP contribution in [0, 0.1) is 0 Å². The second-order valence-corrected chi connectivity index (χ2v) is 5.80. The molecule has 2 aromatic rings. The summed E-state index contributed by atoms with van der Waals surface area (Å²) in [6, 6.07) is 13.5. The van der Waals surface area contributed by atoms with Gasteiger partial charge in [-0.2, -0.15) is 0 Å². The minimum absolute atomic E-state index is 0.0352. The molecule has 1 atom stereocenters. The van der Waals surface area contributed by atoms with Gasteiger partial charge in [-0.15, -0.1) is 0 Å². The van der Waals surface area contributed by atoms with Crippen molar-refractivity contribution in [1.29, 1.82) is 0 Å². The van der Waals surface area contributed by atoms with E-state index in [0.717, 1.165) is 11.1 Å². The standard InChI is InChI=1S/C21H25NO3/c1-6-10-17-13-18(14-19(24-4)20(17)25-5)21(23)22(3)15(2)16-11-8-7-9-12-16/h6-15H,1-5H3. The first-order chi connectivity index (χ1) is 12.0. The van der Waals surface area contributed by atoms with Crippen molar-refractivity contribution in [3.05, 3.63) is 65.2 Å². The predicted octanol–water partition coefficient (Wildman–Crippen LogP) is 4.57. The first-order valence-electron chi connectivity index (χ1n) is 8.24. The Hall–Kier alpha value is -2.75. The molecule has 0 aliphatic heterocycles. The summed E-state index contributed by atoms with van der Waals surface area (Å²) >= 11 is 0. The predicted molar refractivity (Wildman–Crippen MR) is 101 cm³/mol. The molecule has 0 bridgehead atoms. The fourth-order valence-electron chi connectivity index (χ4n) is 2.76. The highest BCUT2D eigenvalue weighted by molar-refractivity contribution is 5.96. The summed E-state index contributed by atoms with van der Waals surface area (Å²) in [6.07, 6.45) is 3.81. The lowest BCUT2D eigenvalue weighted by atomic mass is 10.0. The molecule has 25 heavy (non-hydrogen) atoms. The number of methoxy groups -OCH3 is 2.